The number of anilines is 1. The van der Waals surface area contributed by atoms with Crippen molar-refractivity contribution in [3.8, 4) is 0 Å². The maximum Gasteiger partial charge on any atom is 0.243 e. The van der Waals surface area contributed by atoms with Crippen LogP contribution in [0.3, 0.4) is 0 Å². The Morgan fingerprint density at radius 1 is 0.941 bits per heavy atom. The summed E-state index contributed by atoms with van der Waals surface area (Å²) in [5.74, 6) is -0.287. The van der Waals surface area contributed by atoms with Crippen molar-refractivity contribution in [1.82, 2.24) is 14.5 Å². The highest BCUT2D eigenvalue weighted by Crippen LogP contribution is 2.27. The molecule has 34 heavy (non-hydrogen) atoms. The third kappa shape index (κ3) is 5.84. The lowest BCUT2D eigenvalue weighted by Crippen LogP contribution is -2.52. The molecule has 4 rings (SSSR count). The highest BCUT2D eigenvalue weighted by atomic mass is 32.2. The maximum atomic E-state index is 13.1. The molecule has 9 heteroatoms. The first kappa shape index (κ1) is 24.4. The Balaban J connectivity index is 1.28. The van der Waals surface area contributed by atoms with Crippen molar-refractivity contribution < 1.29 is 18.0 Å². The number of carbonyl (C=O) groups is 2. The van der Waals surface area contributed by atoms with Crippen molar-refractivity contribution in [2.75, 3.05) is 31.5 Å². The quantitative estimate of drug-likeness (QED) is 0.629. The fourth-order valence-corrected chi connectivity index (χ4v) is 6.25. The van der Waals surface area contributed by atoms with Gasteiger partial charge in [-0.05, 0) is 56.9 Å². The number of nitrogens with zero attached hydrogens (tertiary/aromatic N) is 2. The van der Waals surface area contributed by atoms with E-state index in [-0.39, 0.29) is 22.8 Å². The molecule has 2 fully saturated rings. The van der Waals surface area contributed by atoms with Gasteiger partial charge in [0.1, 0.15) is 6.04 Å². The molecular formula is C25H32N4O4S. The number of carbonyl (C=O) groups excluding carboxylic acids is 2. The summed E-state index contributed by atoms with van der Waals surface area (Å²) >= 11 is 0. The van der Waals surface area contributed by atoms with Gasteiger partial charge in [0, 0.05) is 31.4 Å². The third-order valence-corrected chi connectivity index (χ3v) is 8.42. The number of piperidine rings is 1. The minimum atomic E-state index is -3.72. The summed E-state index contributed by atoms with van der Waals surface area (Å²) in [5.41, 5.74) is 1.76. The summed E-state index contributed by atoms with van der Waals surface area (Å²) in [7, 11) is -3.72. The molecule has 0 aromatic heterocycles. The molecule has 2 aliphatic heterocycles. The normalized spacial score (nSPS) is 20.2. The highest BCUT2D eigenvalue weighted by molar-refractivity contribution is 7.89. The molecule has 8 nitrogen and oxygen atoms in total. The van der Waals surface area contributed by atoms with Crippen molar-refractivity contribution in [3.05, 3.63) is 60.2 Å². The van der Waals surface area contributed by atoms with Gasteiger partial charge in [-0.25, -0.2) is 8.42 Å². The van der Waals surface area contributed by atoms with E-state index in [1.54, 1.807) is 24.3 Å². The van der Waals surface area contributed by atoms with E-state index >= 15 is 0 Å². The Bertz CT molecular complexity index is 1100. The van der Waals surface area contributed by atoms with Gasteiger partial charge in [0.15, 0.2) is 0 Å². The molecule has 0 spiro atoms. The zero-order valence-corrected chi connectivity index (χ0v) is 20.3. The Labute approximate surface area is 201 Å². The van der Waals surface area contributed by atoms with Crippen LogP contribution in [-0.2, 0) is 19.6 Å². The third-order valence-electron chi connectivity index (χ3n) is 6.49. The van der Waals surface area contributed by atoms with Crippen LogP contribution >= 0.6 is 0 Å². The number of nitrogens with one attached hydrogen (secondary N) is 2. The van der Waals surface area contributed by atoms with Gasteiger partial charge >= 0.3 is 0 Å². The predicted octanol–water partition coefficient (Wildman–Crippen LogP) is 2.37. The van der Waals surface area contributed by atoms with Gasteiger partial charge in [-0.3, -0.25) is 14.5 Å². The predicted molar refractivity (Wildman–Crippen MR) is 131 cm³/mol. The largest absolute Gasteiger partial charge is 0.352 e. The molecule has 182 valence electrons. The number of benzene rings is 2. The van der Waals surface area contributed by atoms with E-state index in [9.17, 15) is 18.0 Å². The number of likely N-dealkylation sites (tertiary alicyclic amines) is 1. The maximum absolute atomic E-state index is 13.1. The van der Waals surface area contributed by atoms with Gasteiger partial charge < -0.3 is 10.6 Å². The van der Waals surface area contributed by atoms with E-state index in [0.29, 0.717) is 39.0 Å². The second-order valence-electron chi connectivity index (χ2n) is 9.06. The number of hydrogen-bond donors (Lipinski definition) is 2. The lowest BCUT2D eigenvalue weighted by Gasteiger charge is -2.33. The van der Waals surface area contributed by atoms with E-state index in [0.717, 1.165) is 24.1 Å². The Morgan fingerprint density at radius 3 is 2.29 bits per heavy atom. The van der Waals surface area contributed by atoms with Crippen molar-refractivity contribution in [1.29, 1.82) is 0 Å². The second kappa shape index (κ2) is 10.7. The standard InChI is InChI=1S/C25H32N4O4S/c1-19-9-11-22(12-10-19)34(32,33)29-15-5-8-23(29)25(31)27-21-13-16-28(17-14-21)18-24(30)26-20-6-3-2-4-7-20/h2-4,6-7,9-12,21,23H,5,8,13-18H2,1H3,(H,26,30)(H,27,31)/t23-/m0/s1. The molecule has 2 heterocycles. The van der Waals surface area contributed by atoms with Crippen LogP contribution in [0.5, 0.6) is 0 Å². The number of sulfonamides is 1. The first-order valence-corrected chi connectivity index (χ1v) is 13.2. The van der Waals surface area contributed by atoms with Gasteiger partial charge in [0.05, 0.1) is 11.4 Å². The van der Waals surface area contributed by atoms with E-state index in [4.69, 9.17) is 0 Å². The SMILES string of the molecule is Cc1ccc(S(=O)(=O)N2CCC[C@H]2C(=O)NC2CCN(CC(=O)Nc3ccccc3)CC2)cc1. The molecule has 0 saturated carbocycles. The van der Waals surface area contributed by atoms with Crippen molar-refractivity contribution >= 4 is 27.5 Å². The molecule has 2 amide bonds. The molecule has 2 aromatic carbocycles. The minimum absolute atomic E-state index is 0.0227. The van der Waals surface area contributed by atoms with Crippen LogP contribution in [0.15, 0.2) is 59.5 Å². The van der Waals surface area contributed by atoms with Crippen LogP contribution in [0.4, 0.5) is 5.69 Å². The summed E-state index contributed by atoms with van der Waals surface area (Å²) in [6.07, 6.45) is 2.64. The molecule has 2 N–H and O–H groups in total. The molecule has 0 radical (unpaired) electrons. The van der Waals surface area contributed by atoms with Crippen LogP contribution < -0.4 is 10.6 Å². The van der Waals surface area contributed by atoms with E-state index in [2.05, 4.69) is 15.5 Å². The summed E-state index contributed by atoms with van der Waals surface area (Å²) in [4.78, 5) is 27.6. The van der Waals surface area contributed by atoms with Gasteiger partial charge in [0.25, 0.3) is 0 Å². The highest BCUT2D eigenvalue weighted by Gasteiger charge is 2.40. The number of aryl methyl sites for hydroxylation is 1. The van der Waals surface area contributed by atoms with Crippen LogP contribution in [0.2, 0.25) is 0 Å². The van der Waals surface area contributed by atoms with E-state index < -0.39 is 16.1 Å². The van der Waals surface area contributed by atoms with Crippen LogP contribution in [0.25, 0.3) is 0 Å². The van der Waals surface area contributed by atoms with E-state index in [1.165, 1.54) is 4.31 Å². The lowest BCUT2D eigenvalue weighted by molar-refractivity contribution is -0.125. The summed E-state index contributed by atoms with van der Waals surface area (Å²) in [5, 5.41) is 5.96. The fourth-order valence-electron chi connectivity index (χ4n) is 4.59. The molecule has 0 bridgehead atoms. The monoisotopic (exact) mass is 484 g/mol. The zero-order valence-electron chi connectivity index (χ0n) is 19.4. The zero-order chi connectivity index (χ0) is 24.1. The van der Waals surface area contributed by atoms with Gasteiger partial charge in [0.2, 0.25) is 21.8 Å². The first-order chi connectivity index (χ1) is 16.3. The van der Waals surface area contributed by atoms with Crippen LogP contribution in [-0.4, -0.2) is 67.7 Å². The van der Waals surface area contributed by atoms with Gasteiger partial charge in [-0.2, -0.15) is 4.31 Å². The Morgan fingerprint density at radius 2 is 1.62 bits per heavy atom. The fraction of sp³-hybridized carbons (Fsp3) is 0.440. The van der Waals surface area contributed by atoms with Crippen LogP contribution in [0.1, 0.15) is 31.2 Å². The van der Waals surface area contributed by atoms with Gasteiger partial charge in [-0.1, -0.05) is 35.9 Å². The molecule has 0 unspecified atom stereocenters. The molecule has 1 atom stereocenters. The van der Waals surface area contributed by atoms with Gasteiger partial charge in [-0.15, -0.1) is 0 Å². The average Bonchev–Trinajstić information content (AvgIpc) is 3.32. The topological polar surface area (TPSA) is 98.8 Å². The molecular weight excluding hydrogens is 452 g/mol. The van der Waals surface area contributed by atoms with Crippen molar-refractivity contribution in [2.45, 2.75) is 49.6 Å². The molecule has 2 saturated heterocycles. The smallest absolute Gasteiger partial charge is 0.243 e. The van der Waals surface area contributed by atoms with Crippen LogP contribution in [0, 0.1) is 6.92 Å². The number of para-hydroxylation sites is 1. The second-order valence-corrected chi connectivity index (χ2v) is 11.0. The van der Waals surface area contributed by atoms with E-state index in [1.807, 2.05) is 37.3 Å². The Kier molecular flexibility index (Phi) is 7.65. The number of amides is 2. The molecule has 2 aliphatic rings. The summed E-state index contributed by atoms with van der Waals surface area (Å²) in [6.45, 7) is 3.96. The summed E-state index contributed by atoms with van der Waals surface area (Å²) in [6, 6.07) is 15.4. The lowest BCUT2D eigenvalue weighted by atomic mass is 10.0. The van der Waals surface area contributed by atoms with Crippen molar-refractivity contribution in [2.24, 2.45) is 0 Å². The average molecular weight is 485 g/mol. The summed E-state index contributed by atoms with van der Waals surface area (Å²) < 4.78 is 27.6. The number of hydrogen-bond acceptors (Lipinski definition) is 5. The molecule has 0 aliphatic carbocycles. The van der Waals surface area contributed by atoms with Crippen molar-refractivity contribution in [3.63, 3.8) is 0 Å². The Hall–Kier alpha value is -2.75. The number of rotatable bonds is 7. The minimum Gasteiger partial charge on any atom is -0.352 e. The first-order valence-electron chi connectivity index (χ1n) is 11.8. The molecule has 2 aromatic rings.